The lowest BCUT2D eigenvalue weighted by molar-refractivity contribution is -0.123. The van der Waals surface area contributed by atoms with Crippen LogP contribution in [-0.2, 0) is 9.59 Å². The van der Waals surface area contributed by atoms with Crippen molar-refractivity contribution in [2.24, 2.45) is 5.10 Å². The van der Waals surface area contributed by atoms with Crippen molar-refractivity contribution in [2.75, 3.05) is 20.8 Å². The Morgan fingerprint density at radius 3 is 2.43 bits per heavy atom. The second-order valence-electron chi connectivity index (χ2n) is 5.75. The molecule has 0 aliphatic carbocycles. The summed E-state index contributed by atoms with van der Waals surface area (Å²) in [5, 5.41) is 6.54. The zero-order chi connectivity index (χ0) is 20.4. The summed E-state index contributed by atoms with van der Waals surface area (Å²) in [5.74, 6) is 0.584. The molecule has 0 radical (unpaired) electrons. The molecule has 0 aliphatic rings. The lowest BCUT2D eigenvalue weighted by atomic mass is 10.1. The summed E-state index contributed by atoms with van der Waals surface area (Å²) in [6, 6.07) is 14.6. The van der Waals surface area contributed by atoms with Gasteiger partial charge < -0.3 is 14.8 Å². The van der Waals surface area contributed by atoms with Gasteiger partial charge in [-0.15, -0.1) is 0 Å². The fourth-order valence-electron chi connectivity index (χ4n) is 2.28. The first-order valence-electron chi connectivity index (χ1n) is 8.60. The van der Waals surface area contributed by atoms with E-state index in [1.54, 1.807) is 33.3 Å². The zero-order valence-electron chi connectivity index (χ0n) is 16.1. The molecule has 0 unspecified atom stereocenters. The number of carbonyl (C=O) groups is 2. The van der Waals surface area contributed by atoms with E-state index in [2.05, 4.69) is 15.8 Å². The number of ether oxygens (including phenoxy) is 2. The van der Waals surface area contributed by atoms with Crippen LogP contribution in [0.3, 0.4) is 0 Å². The van der Waals surface area contributed by atoms with Crippen LogP contribution in [0.25, 0.3) is 6.08 Å². The van der Waals surface area contributed by atoms with Crippen molar-refractivity contribution in [1.29, 1.82) is 0 Å². The number of carbonyl (C=O) groups excluding carboxylic acids is 2. The monoisotopic (exact) mass is 381 g/mol. The molecule has 2 aromatic carbocycles. The van der Waals surface area contributed by atoms with Crippen LogP contribution in [0.1, 0.15) is 18.1 Å². The Morgan fingerprint density at radius 2 is 1.75 bits per heavy atom. The molecule has 0 fully saturated rings. The van der Waals surface area contributed by atoms with Gasteiger partial charge >= 0.3 is 0 Å². The molecule has 2 amide bonds. The van der Waals surface area contributed by atoms with E-state index >= 15 is 0 Å². The number of nitrogens with zero attached hydrogens (tertiary/aromatic N) is 1. The van der Waals surface area contributed by atoms with Crippen LogP contribution >= 0.6 is 0 Å². The lowest BCUT2D eigenvalue weighted by Gasteiger charge is -2.05. The molecule has 0 atom stereocenters. The Hall–Kier alpha value is -3.61. The van der Waals surface area contributed by atoms with Gasteiger partial charge in [0.15, 0.2) is 0 Å². The zero-order valence-corrected chi connectivity index (χ0v) is 16.1. The third kappa shape index (κ3) is 6.28. The molecule has 28 heavy (non-hydrogen) atoms. The standard InChI is InChI=1S/C21H23N3O4/c1-15(16-8-11-18(27-2)12-9-16)23-24-21(26)14-22-20(25)13-10-17-6-4-5-7-19(17)28-3/h4-13H,14H2,1-3H3,(H,22,25)(H,24,26)/b13-10+,23-15?. The molecular weight excluding hydrogens is 358 g/mol. The van der Waals surface area contributed by atoms with Gasteiger partial charge in [-0.05, 0) is 48.9 Å². The predicted molar refractivity (Wildman–Crippen MR) is 108 cm³/mol. The second kappa shape index (κ2) is 10.5. The highest BCUT2D eigenvalue weighted by atomic mass is 16.5. The summed E-state index contributed by atoms with van der Waals surface area (Å²) >= 11 is 0. The van der Waals surface area contributed by atoms with Gasteiger partial charge in [0.05, 0.1) is 26.5 Å². The van der Waals surface area contributed by atoms with Crippen molar-refractivity contribution in [3.63, 3.8) is 0 Å². The Kier molecular flexibility index (Phi) is 7.77. The number of benzene rings is 2. The van der Waals surface area contributed by atoms with Crippen molar-refractivity contribution in [2.45, 2.75) is 6.92 Å². The molecule has 0 heterocycles. The third-order valence-corrected chi connectivity index (χ3v) is 3.83. The Labute approximate surface area is 164 Å². The largest absolute Gasteiger partial charge is 0.497 e. The van der Waals surface area contributed by atoms with Crippen molar-refractivity contribution in [3.8, 4) is 11.5 Å². The van der Waals surface area contributed by atoms with Gasteiger partial charge in [0.25, 0.3) is 5.91 Å². The summed E-state index contributed by atoms with van der Waals surface area (Å²) in [5.41, 5.74) is 4.67. The molecule has 0 bridgehead atoms. The van der Waals surface area contributed by atoms with Crippen LogP contribution in [0.4, 0.5) is 0 Å². The number of para-hydroxylation sites is 1. The second-order valence-corrected chi connectivity index (χ2v) is 5.75. The quantitative estimate of drug-likeness (QED) is 0.417. The molecule has 2 N–H and O–H groups in total. The first-order valence-corrected chi connectivity index (χ1v) is 8.60. The highest BCUT2D eigenvalue weighted by molar-refractivity contribution is 5.99. The van der Waals surface area contributed by atoms with Gasteiger partial charge in [-0.3, -0.25) is 9.59 Å². The lowest BCUT2D eigenvalue weighted by Crippen LogP contribution is -2.34. The third-order valence-electron chi connectivity index (χ3n) is 3.83. The summed E-state index contributed by atoms with van der Waals surface area (Å²) in [7, 11) is 3.15. The van der Waals surface area contributed by atoms with Crippen LogP contribution < -0.4 is 20.2 Å². The Balaban J connectivity index is 1.82. The normalized spacial score (nSPS) is 11.2. The van der Waals surface area contributed by atoms with Crippen LogP contribution in [0.15, 0.2) is 59.7 Å². The van der Waals surface area contributed by atoms with Crippen molar-refractivity contribution in [1.82, 2.24) is 10.7 Å². The highest BCUT2D eigenvalue weighted by Crippen LogP contribution is 2.18. The van der Waals surface area contributed by atoms with E-state index in [4.69, 9.17) is 9.47 Å². The highest BCUT2D eigenvalue weighted by Gasteiger charge is 2.04. The fourth-order valence-corrected chi connectivity index (χ4v) is 2.28. The van der Waals surface area contributed by atoms with Gasteiger partial charge in [0, 0.05) is 11.6 Å². The van der Waals surface area contributed by atoms with Crippen molar-refractivity contribution >= 4 is 23.6 Å². The van der Waals surface area contributed by atoms with E-state index in [1.807, 2.05) is 42.5 Å². The minimum atomic E-state index is -0.424. The first kappa shape index (κ1) is 20.7. The SMILES string of the molecule is COc1ccc(C(C)=NNC(=O)CNC(=O)/C=C/c2ccccc2OC)cc1. The number of hydrazone groups is 1. The number of hydrogen-bond acceptors (Lipinski definition) is 5. The van der Waals surface area contributed by atoms with Crippen LogP contribution in [0.2, 0.25) is 0 Å². The smallest absolute Gasteiger partial charge is 0.259 e. The van der Waals surface area contributed by atoms with E-state index in [9.17, 15) is 9.59 Å². The fraction of sp³-hybridized carbons (Fsp3) is 0.190. The molecule has 0 spiro atoms. The number of hydrogen-bond donors (Lipinski definition) is 2. The van der Waals surface area contributed by atoms with Crippen molar-refractivity contribution < 1.29 is 19.1 Å². The molecule has 2 aromatic rings. The van der Waals surface area contributed by atoms with E-state index < -0.39 is 11.8 Å². The van der Waals surface area contributed by atoms with Crippen LogP contribution in [0.5, 0.6) is 11.5 Å². The van der Waals surface area contributed by atoms with Crippen LogP contribution in [0, 0.1) is 0 Å². The van der Waals surface area contributed by atoms with Gasteiger partial charge in [0.1, 0.15) is 11.5 Å². The molecule has 146 valence electrons. The predicted octanol–water partition coefficient (Wildman–Crippen LogP) is 2.37. The van der Waals surface area contributed by atoms with Crippen LogP contribution in [-0.4, -0.2) is 38.3 Å². The molecule has 7 nitrogen and oxygen atoms in total. The molecule has 0 saturated carbocycles. The number of amides is 2. The summed E-state index contributed by atoms with van der Waals surface area (Å²) in [4.78, 5) is 23.7. The van der Waals surface area contributed by atoms with E-state index in [1.165, 1.54) is 6.08 Å². The summed E-state index contributed by atoms with van der Waals surface area (Å²) < 4.78 is 10.3. The van der Waals surface area contributed by atoms with Gasteiger partial charge in [-0.2, -0.15) is 5.10 Å². The number of methoxy groups -OCH3 is 2. The Morgan fingerprint density at radius 1 is 1.04 bits per heavy atom. The molecular formula is C21H23N3O4. The first-order chi connectivity index (χ1) is 13.5. The maximum Gasteiger partial charge on any atom is 0.259 e. The average molecular weight is 381 g/mol. The number of nitrogens with one attached hydrogen (secondary N) is 2. The van der Waals surface area contributed by atoms with Gasteiger partial charge in [-0.25, -0.2) is 5.43 Å². The molecule has 0 aromatic heterocycles. The van der Waals surface area contributed by atoms with E-state index in [0.29, 0.717) is 11.5 Å². The van der Waals surface area contributed by atoms with E-state index in [-0.39, 0.29) is 6.54 Å². The average Bonchev–Trinajstić information content (AvgIpc) is 2.74. The molecule has 2 rings (SSSR count). The van der Waals surface area contributed by atoms with Gasteiger partial charge in [0.2, 0.25) is 5.91 Å². The minimum Gasteiger partial charge on any atom is -0.497 e. The minimum absolute atomic E-state index is 0.186. The van der Waals surface area contributed by atoms with Gasteiger partial charge in [-0.1, -0.05) is 18.2 Å². The Bertz CT molecular complexity index is 873. The summed E-state index contributed by atoms with van der Waals surface area (Å²) in [6.07, 6.45) is 2.97. The maximum atomic E-state index is 11.9. The topological polar surface area (TPSA) is 89.0 Å². The molecule has 0 aliphatic heterocycles. The van der Waals surface area contributed by atoms with Crippen molar-refractivity contribution in [3.05, 3.63) is 65.7 Å². The maximum absolute atomic E-state index is 11.9. The molecule has 0 saturated heterocycles. The number of rotatable bonds is 8. The summed E-state index contributed by atoms with van der Waals surface area (Å²) in [6.45, 7) is 1.59. The van der Waals surface area contributed by atoms with E-state index in [0.717, 1.165) is 16.9 Å². The molecule has 7 heteroatoms.